The van der Waals surface area contributed by atoms with Crippen LogP contribution in [-0.2, 0) is 155 Å². The Morgan fingerprint density at radius 3 is 0.699 bits per heavy atom. The highest BCUT2D eigenvalue weighted by molar-refractivity contribution is 7.76. The van der Waals surface area contributed by atoms with E-state index in [-0.39, 0.29) is 41.6 Å². The van der Waals surface area contributed by atoms with E-state index in [2.05, 4.69) is 21.2 Å². The first-order chi connectivity index (χ1) is 68.6. The first-order valence-corrected chi connectivity index (χ1v) is 47.6. The Morgan fingerprint density at radius 2 is 0.455 bits per heavy atom. The molecular weight excluding hydrogens is 2030 g/mol. The Hall–Kier alpha value is -15.3. The van der Waals surface area contributed by atoms with Crippen LogP contribution in [0.3, 0.4) is 0 Å². The lowest BCUT2D eigenvalue weighted by molar-refractivity contribution is -0.274. The topological polar surface area (TPSA) is 510 Å². The van der Waals surface area contributed by atoms with E-state index in [0.717, 1.165) is 46.5 Å². The first-order valence-electron chi connectivity index (χ1n) is 40.6. The van der Waals surface area contributed by atoms with E-state index in [4.69, 9.17) is 38.1 Å². The summed E-state index contributed by atoms with van der Waals surface area (Å²) in [6, 6.07) is 73.5. The van der Waals surface area contributed by atoms with Crippen LogP contribution in [0.5, 0.6) is 17.2 Å². The van der Waals surface area contributed by atoms with Gasteiger partial charge in [0.25, 0.3) is 82.7 Å². The Labute approximate surface area is 821 Å². The SMILES string of the molecule is CCOS(=O)ON1C(=O)C=CC1=O.CCOS(=O)ON1C(=O)c2cccc3cccc(c23)C1=O.CCOS(=O)ON1C(=O)c2cccc3cccc(c23)C1=O.O=C1C=C(c2ccccc2)C(=O)N1OS(=O)Oc1ccccc1.O=C1C=CC(=O)N1OS(=O)Oc1ccccc1.O=C1c2cccc3cccc(c23)C(=O)N1OS(=O)OC(F)(F)F.O=C1c2cccc3cccc(c23)C(=O)N1OS(=O)Oc1ccccc1. The minimum Gasteiger partial charge on any atom is -0.379 e. The van der Waals surface area contributed by atoms with E-state index in [0.29, 0.717) is 114 Å². The summed E-state index contributed by atoms with van der Waals surface area (Å²) < 4.78 is 181. The van der Waals surface area contributed by atoms with Crippen molar-refractivity contribution in [2.24, 2.45) is 0 Å². The molecule has 0 bridgehead atoms. The van der Waals surface area contributed by atoms with Gasteiger partial charge in [-0.1, -0.05) is 182 Å². The van der Waals surface area contributed by atoms with E-state index < -0.39 is 169 Å². The minimum absolute atomic E-state index is 0.00103. The maximum Gasteiger partial charge on any atom is 0.537 e. The minimum atomic E-state index is -5.25. The second-order valence-electron chi connectivity index (χ2n) is 27.8. The maximum atomic E-state index is 12.6. The van der Waals surface area contributed by atoms with Gasteiger partial charge < -0.3 is 12.5 Å². The van der Waals surface area contributed by atoms with Gasteiger partial charge in [0, 0.05) is 51.9 Å². The average Bonchev–Trinajstić information content (AvgIpc) is 1.67. The third kappa shape index (κ3) is 25.7. The standard InChI is InChI=1S/C18H11NO5S.C16H11NO5S.2C14H11NO5S.C13H6F3NO5S.C10H7NO5S.C6H7NO5S/c20-17-14-10-4-6-12-7-5-11-15(16(12)14)18(21)19(17)24-25(22)23-13-8-2-1-3-9-13;18-15-11-14(12-7-3-1-4-8-12)16(19)17(15)22-23(20)21-13-9-5-2-6-10-13;2*1-2-19-21(18)20-15-13(16)10-7-3-5-9-6-4-8-11(12(9)10)14(15)17;14-13(15,16)21-23(20)22-17-11(18)8-5-1-3-7-4-2-6-9(10(7)8)12(17)19;12-9-6-7-10(13)11(9)16-17(14)15-8-4-2-1-3-5-8;1-2-11-13(10)12-7-5(8)3-4-6(7)9/h1-11H;1-11H;2*3-8H,2H2,1H3;1-6H;1-7H;3-4H,2H2,1H3. The van der Waals surface area contributed by atoms with Crippen LogP contribution >= 0.6 is 0 Å². The summed E-state index contributed by atoms with van der Waals surface area (Å²) in [5.41, 5.74) is 2.77. The molecule has 0 aliphatic carbocycles. The molecule has 7 atom stereocenters. The number of halogens is 3. The number of amides is 14. The number of imide groups is 7. The molecule has 7 aliphatic heterocycles. The molecule has 52 heteroatoms. The molecule has 0 aromatic heterocycles. The van der Waals surface area contributed by atoms with Crippen LogP contribution in [0.15, 0.2) is 297 Å². The molecule has 7 aliphatic rings. The van der Waals surface area contributed by atoms with Crippen molar-refractivity contribution in [1.82, 2.24) is 35.4 Å². The molecule has 0 N–H and O–H groups in total. The van der Waals surface area contributed by atoms with E-state index in [1.54, 1.807) is 227 Å². The summed E-state index contributed by atoms with van der Waals surface area (Å²) >= 11 is -16.8. The fourth-order valence-corrected chi connectivity index (χ4v) is 16.8. The van der Waals surface area contributed by atoms with Crippen LogP contribution in [0.2, 0.25) is 0 Å². The molecule has 143 heavy (non-hydrogen) atoms. The summed E-state index contributed by atoms with van der Waals surface area (Å²) in [6.07, 6.45) is -0.0386. The summed E-state index contributed by atoms with van der Waals surface area (Å²) in [5.74, 6) is -9.28. The van der Waals surface area contributed by atoms with Gasteiger partial charge in [-0.05, 0) is 133 Å². The number of carbonyl (C=O) groups excluding carboxylic acids is 14. The monoisotopic (exact) mass is 2100 g/mol. The lowest BCUT2D eigenvalue weighted by Gasteiger charge is -2.24. The van der Waals surface area contributed by atoms with Gasteiger partial charge >= 0.3 is 85.9 Å². The van der Waals surface area contributed by atoms with Gasteiger partial charge in [0.2, 0.25) is 0 Å². The molecule has 12 aromatic carbocycles. The number of para-hydroxylation sites is 3. The fourth-order valence-electron chi connectivity index (χ4n) is 13.2. The zero-order valence-corrected chi connectivity index (χ0v) is 78.5. The third-order valence-electron chi connectivity index (χ3n) is 18.9. The lowest BCUT2D eigenvalue weighted by Crippen LogP contribution is -2.41. The van der Waals surface area contributed by atoms with Gasteiger partial charge in [-0.15, -0.1) is 78.6 Å². The quantitative estimate of drug-likeness (QED) is 0.0411. The second kappa shape index (κ2) is 48.2. The van der Waals surface area contributed by atoms with Gasteiger partial charge in [0.1, 0.15) is 17.2 Å². The van der Waals surface area contributed by atoms with Crippen LogP contribution in [0.1, 0.15) is 109 Å². The Bertz CT molecular complexity index is 6990. The number of hydrogen-bond donors (Lipinski definition) is 0. The van der Waals surface area contributed by atoms with Crippen molar-refractivity contribution in [2.75, 3.05) is 19.8 Å². The Morgan fingerprint density at radius 1 is 0.238 bits per heavy atom. The molecule has 19 rings (SSSR count). The molecular formula is C91H64F3N7O35S7. The van der Waals surface area contributed by atoms with Crippen LogP contribution in [0, 0.1) is 0 Å². The van der Waals surface area contributed by atoms with Crippen molar-refractivity contribution in [3.8, 4) is 17.2 Å². The molecule has 0 saturated heterocycles. The van der Waals surface area contributed by atoms with Crippen molar-refractivity contribution in [1.29, 1.82) is 0 Å². The van der Waals surface area contributed by atoms with E-state index in [1.165, 1.54) is 24.3 Å². The van der Waals surface area contributed by atoms with Gasteiger partial charge in [0.05, 0.1) is 69.9 Å². The molecule has 0 radical (unpaired) electrons. The fraction of sp³-hybridized carbons (Fsp3) is 0.0769. The predicted molar refractivity (Wildman–Crippen MR) is 494 cm³/mol. The zero-order chi connectivity index (χ0) is 102. The van der Waals surface area contributed by atoms with Gasteiger partial charge in [-0.25, -0.2) is 0 Å². The maximum absolute atomic E-state index is 12.6. The summed E-state index contributed by atoms with van der Waals surface area (Å²) in [5, 5.41) is 7.69. The van der Waals surface area contributed by atoms with Gasteiger partial charge in [-0.2, -0.15) is 33.6 Å². The highest BCUT2D eigenvalue weighted by Crippen LogP contribution is 2.37. The van der Waals surface area contributed by atoms with Crippen LogP contribution in [0.4, 0.5) is 13.2 Å². The molecule has 736 valence electrons. The zero-order valence-electron chi connectivity index (χ0n) is 72.8. The van der Waals surface area contributed by atoms with Gasteiger partial charge in [0.15, 0.2) is 0 Å². The average molecular weight is 2100 g/mol. The Kier molecular flexibility index (Phi) is 35.4. The number of nitrogens with zero attached hydrogens (tertiary/aromatic N) is 7. The number of carbonyl (C=O) groups is 14. The molecule has 14 amide bonds. The van der Waals surface area contributed by atoms with Crippen LogP contribution in [0.25, 0.3) is 48.7 Å². The highest BCUT2D eigenvalue weighted by Gasteiger charge is 2.43. The molecule has 7 heterocycles. The Balaban J connectivity index is 0.000000141. The van der Waals surface area contributed by atoms with Crippen molar-refractivity contribution >= 4 is 211 Å². The van der Waals surface area contributed by atoms with Gasteiger partial charge in [-0.3, -0.25) is 79.7 Å². The highest BCUT2D eigenvalue weighted by atomic mass is 32.2. The molecule has 7 unspecified atom stereocenters. The lowest BCUT2D eigenvalue weighted by atomic mass is 9.95. The smallest absolute Gasteiger partial charge is 0.379 e. The van der Waals surface area contributed by atoms with E-state index in [9.17, 15) is 110 Å². The molecule has 0 saturated carbocycles. The van der Waals surface area contributed by atoms with Crippen LogP contribution < -0.4 is 12.5 Å². The second-order valence-corrected chi connectivity index (χ2v) is 33.1. The van der Waals surface area contributed by atoms with E-state index >= 15 is 0 Å². The number of hydroxylamine groups is 14. The third-order valence-corrected chi connectivity index (χ3v) is 23.4. The molecule has 42 nitrogen and oxygen atoms in total. The van der Waals surface area contributed by atoms with E-state index in [1.807, 2.05) is 36.4 Å². The summed E-state index contributed by atoms with van der Waals surface area (Å²) in [7, 11) is 0. The first kappa shape index (κ1) is 105. The predicted octanol–water partition coefficient (Wildman–Crippen LogP) is 11.5. The largest absolute Gasteiger partial charge is 0.537 e. The number of alkyl halides is 3. The molecule has 0 fully saturated rings. The molecule has 12 aromatic rings. The van der Waals surface area contributed by atoms with Crippen molar-refractivity contribution < 1.29 is 169 Å². The molecule has 0 spiro atoms. The normalized spacial score (nSPS) is 15.8. The summed E-state index contributed by atoms with van der Waals surface area (Å²) in [6.45, 7) is 5.28. The summed E-state index contributed by atoms with van der Waals surface area (Å²) in [4.78, 5) is 167. The van der Waals surface area contributed by atoms with Crippen LogP contribution in [-0.4, -0.2) is 174 Å². The van der Waals surface area contributed by atoms with Crippen molar-refractivity contribution in [3.63, 3.8) is 0 Å². The number of benzene rings is 12. The number of rotatable bonds is 28. The number of hydrogen-bond acceptors (Lipinski definition) is 35. The van der Waals surface area contributed by atoms with Crippen molar-refractivity contribution in [2.45, 2.75) is 27.1 Å². The van der Waals surface area contributed by atoms with Crippen molar-refractivity contribution in [3.05, 3.63) is 347 Å².